The van der Waals surface area contributed by atoms with Gasteiger partial charge in [-0.3, -0.25) is 4.90 Å². The molecule has 0 aliphatic carbocycles. The third kappa shape index (κ3) is 3.58. The second kappa shape index (κ2) is 5.81. The highest BCUT2D eigenvalue weighted by Crippen LogP contribution is 2.36. The summed E-state index contributed by atoms with van der Waals surface area (Å²) in [6.45, 7) is 7.08. The number of carbonyl (C=O) groups is 1. The molecule has 1 saturated heterocycles. The Labute approximate surface area is 124 Å². The molecule has 1 unspecified atom stereocenters. The Morgan fingerprint density at radius 2 is 2.10 bits per heavy atom. The molecule has 1 heterocycles. The highest BCUT2D eigenvalue weighted by atomic mass is 16.6. The lowest BCUT2D eigenvalue weighted by Crippen LogP contribution is -2.50. The molecule has 2 rings (SSSR count). The molecule has 1 aromatic carbocycles. The number of phenolic OH excluding ortho intramolecular Hbond substituents is 2. The van der Waals surface area contributed by atoms with E-state index in [-0.39, 0.29) is 17.5 Å². The van der Waals surface area contributed by atoms with E-state index in [0.717, 1.165) is 0 Å². The van der Waals surface area contributed by atoms with Crippen LogP contribution in [0.3, 0.4) is 0 Å². The number of nitrogens with zero attached hydrogens (tertiary/aromatic N) is 1. The summed E-state index contributed by atoms with van der Waals surface area (Å²) in [7, 11) is 0. The van der Waals surface area contributed by atoms with Crippen LogP contribution >= 0.6 is 0 Å². The van der Waals surface area contributed by atoms with Crippen molar-refractivity contribution in [2.45, 2.75) is 32.4 Å². The van der Waals surface area contributed by atoms with Crippen LogP contribution in [0.2, 0.25) is 0 Å². The number of hydrogen-bond donors (Lipinski definition) is 3. The van der Waals surface area contributed by atoms with E-state index in [0.29, 0.717) is 25.2 Å². The minimum Gasteiger partial charge on any atom is -0.504 e. The summed E-state index contributed by atoms with van der Waals surface area (Å²) in [6, 6.07) is 4.38. The van der Waals surface area contributed by atoms with Crippen molar-refractivity contribution in [3.05, 3.63) is 23.8 Å². The molecule has 3 N–H and O–H groups in total. The van der Waals surface area contributed by atoms with Gasteiger partial charge in [-0.25, -0.2) is 4.79 Å². The highest BCUT2D eigenvalue weighted by Gasteiger charge is 2.33. The molecule has 1 aromatic rings. The van der Waals surface area contributed by atoms with Crippen LogP contribution in [0.4, 0.5) is 4.79 Å². The van der Waals surface area contributed by atoms with Gasteiger partial charge in [0.1, 0.15) is 5.60 Å². The van der Waals surface area contributed by atoms with Gasteiger partial charge in [-0.1, -0.05) is 12.1 Å². The summed E-state index contributed by atoms with van der Waals surface area (Å²) in [5.74, 6) is -0.387. The van der Waals surface area contributed by atoms with Crippen LogP contribution in [0.15, 0.2) is 18.2 Å². The monoisotopic (exact) mass is 294 g/mol. The average molecular weight is 294 g/mol. The number of aromatic hydroxyl groups is 2. The normalized spacial score (nSPS) is 19.4. The summed E-state index contributed by atoms with van der Waals surface area (Å²) >= 11 is 0. The summed E-state index contributed by atoms with van der Waals surface area (Å²) < 4.78 is 5.41. The summed E-state index contributed by atoms with van der Waals surface area (Å²) in [6.07, 6.45) is -0.420. The number of para-hydroxylation sites is 1. The molecule has 0 saturated carbocycles. The fraction of sp³-hybridized carbons (Fsp3) is 0.533. The minimum absolute atomic E-state index is 0.192. The van der Waals surface area contributed by atoms with Crippen LogP contribution in [0.25, 0.3) is 0 Å². The minimum atomic E-state index is -0.576. The lowest BCUT2D eigenvalue weighted by molar-refractivity contribution is 0.0115. The lowest BCUT2D eigenvalue weighted by atomic mass is 10.0. The smallest absolute Gasteiger partial charge is 0.410 e. The van der Waals surface area contributed by atoms with Crippen LogP contribution in [-0.2, 0) is 4.74 Å². The maximum atomic E-state index is 12.3. The second-order valence-corrected chi connectivity index (χ2v) is 6.11. The van der Waals surface area contributed by atoms with Gasteiger partial charge in [-0.15, -0.1) is 0 Å². The predicted molar refractivity (Wildman–Crippen MR) is 78.3 cm³/mol. The summed E-state index contributed by atoms with van der Waals surface area (Å²) in [4.78, 5) is 13.9. The Morgan fingerprint density at radius 1 is 1.38 bits per heavy atom. The first-order valence-electron chi connectivity index (χ1n) is 7.01. The van der Waals surface area contributed by atoms with E-state index in [1.54, 1.807) is 17.0 Å². The molecule has 1 amide bonds. The van der Waals surface area contributed by atoms with Gasteiger partial charge in [0, 0.05) is 25.2 Å². The predicted octanol–water partition coefficient (Wildman–Crippen LogP) is 1.98. The molecule has 1 atom stereocenters. The van der Waals surface area contributed by atoms with E-state index < -0.39 is 11.7 Å². The second-order valence-electron chi connectivity index (χ2n) is 6.11. The van der Waals surface area contributed by atoms with Crippen molar-refractivity contribution >= 4 is 6.09 Å². The Hall–Kier alpha value is -1.95. The van der Waals surface area contributed by atoms with Crippen LogP contribution in [0, 0.1) is 0 Å². The van der Waals surface area contributed by atoms with Gasteiger partial charge < -0.3 is 20.3 Å². The SMILES string of the molecule is CC(C)(C)OC(=O)N1CCNCC1c1cccc(O)c1O. The molecule has 1 fully saturated rings. The fourth-order valence-electron chi connectivity index (χ4n) is 2.34. The molecule has 116 valence electrons. The molecule has 21 heavy (non-hydrogen) atoms. The molecule has 1 aliphatic rings. The van der Waals surface area contributed by atoms with Crippen molar-refractivity contribution in [2.75, 3.05) is 19.6 Å². The Balaban J connectivity index is 2.27. The van der Waals surface area contributed by atoms with Crippen molar-refractivity contribution in [1.29, 1.82) is 0 Å². The summed E-state index contributed by atoms with van der Waals surface area (Å²) in [5.41, 5.74) is -0.0685. The van der Waals surface area contributed by atoms with Gasteiger partial charge in [-0.2, -0.15) is 0 Å². The van der Waals surface area contributed by atoms with Crippen molar-refractivity contribution < 1.29 is 19.7 Å². The number of rotatable bonds is 1. The fourth-order valence-corrected chi connectivity index (χ4v) is 2.34. The first kappa shape index (κ1) is 15.4. The van der Waals surface area contributed by atoms with E-state index in [1.807, 2.05) is 20.8 Å². The van der Waals surface area contributed by atoms with Crippen LogP contribution in [0.5, 0.6) is 11.5 Å². The van der Waals surface area contributed by atoms with E-state index in [9.17, 15) is 15.0 Å². The molecule has 0 spiro atoms. The Kier molecular flexibility index (Phi) is 4.27. The number of phenols is 2. The van der Waals surface area contributed by atoms with Gasteiger partial charge in [0.05, 0.1) is 6.04 Å². The zero-order chi connectivity index (χ0) is 15.6. The molecule has 0 aromatic heterocycles. The van der Waals surface area contributed by atoms with Gasteiger partial charge in [-0.05, 0) is 26.8 Å². The number of amides is 1. The van der Waals surface area contributed by atoms with Crippen LogP contribution in [0.1, 0.15) is 32.4 Å². The number of nitrogens with one attached hydrogen (secondary N) is 1. The van der Waals surface area contributed by atoms with Gasteiger partial charge in [0.15, 0.2) is 11.5 Å². The summed E-state index contributed by atoms with van der Waals surface area (Å²) in [5, 5.41) is 22.8. The average Bonchev–Trinajstić information content (AvgIpc) is 2.40. The number of carbonyl (C=O) groups excluding carboxylic acids is 1. The molecular weight excluding hydrogens is 272 g/mol. The number of ether oxygens (including phenoxy) is 1. The number of hydrogen-bond acceptors (Lipinski definition) is 5. The molecule has 6 nitrogen and oxygen atoms in total. The van der Waals surface area contributed by atoms with Crippen LogP contribution in [-0.4, -0.2) is 46.4 Å². The zero-order valence-corrected chi connectivity index (χ0v) is 12.6. The number of benzene rings is 1. The van der Waals surface area contributed by atoms with Crippen molar-refractivity contribution in [3.8, 4) is 11.5 Å². The zero-order valence-electron chi connectivity index (χ0n) is 12.6. The maximum absolute atomic E-state index is 12.3. The van der Waals surface area contributed by atoms with Gasteiger partial charge in [0.2, 0.25) is 0 Å². The third-order valence-corrected chi connectivity index (χ3v) is 3.28. The molecule has 0 radical (unpaired) electrons. The highest BCUT2D eigenvalue weighted by molar-refractivity contribution is 5.69. The first-order valence-corrected chi connectivity index (χ1v) is 7.01. The first-order chi connectivity index (χ1) is 9.79. The Bertz CT molecular complexity index is 525. The van der Waals surface area contributed by atoms with Crippen LogP contribution < -0.4 is 5.32 Å². The van der Waals surface area contributed by atoms with Crippen molar-refractivity contribution in [1.82, 2.24) is 10.2 Å². The maximum Gasteiger partial charge on any atom is 0.410 e. The topological polar surface area (TPSA) is 82.0 Å². The lowest BCUT2D eigenvalue weighted by Gasteiger charge is -2.37. The third-order valence-electron chi connectivity index (χ3n) is 3.28. The molecular formula is C15H22N2O4. The van der Waals surface area contributed by atoms with E-state index >= 15 is 0 Å². The van der Waals surface area contributed by atoms with E-state index in [2.05, 4.69) is 5.32 Å². The molecule has 1 aliphatic heterocycles. The largest absolute Gasteiger partial charge is 0.504 e. The van der Waals surface area contributed by atoms with Crippen molar-refractivity contribution in [3.63, 3.8) is 0 Å². The molecule has 6 heteroatoms. The van der Waals surface area contributed by atoms with E-state index in [4.69, 9.17) is 4.74 Å². The van der Waals surface area contributed by atoms with Gasteiger partial charge >= 0.3 is 6.09 Å². The Morgan fingerprint density at radius 3 is 2.76 bits per heavy atom. The van der Waals surface area contributed by atoms with Crippen molar-refractivity contribution in [2.24, 2.45) is 0 Å². The standard InChI is InChI=1S/C15H22N2O4/c1-15(2,3)21-14(20)17-8-7-16-9-11(17)10-5-4-6-12(18)13(10)19/h4-6,11,16,18-19H,7-9H2,1-3H3. The molecule has 0 bridgehead atoms. The quantitative estimate of drug-likeness (QED) is 0.690. The number of piperazine rings is 1. The van der Waals surface area contributed by atoms with Gasteiger partial charge in [0.25, 0.3) is 0 Å². The van der Waals surface area contributed by atoms with E-state index in [1.165, 1.54) is 6.07 Å².